The van der Waals surface area contributed by atoms with Crippen LogP contribution in [-0.4, -0.2) is 39.9 Å². The second-order valence-corrected chi connectivity index (χ2v) is 9.19. The molecule has 0 aliphatic heterocycles. The fraction of sp³-hybridized carbons (Fsp3) is 0.167. The molecule has 0 radical (unpaired) electrons. The summed E-state index contributed by atoms with van der Waals surface area (Å²) in [5.41, 5.74) is 4.60. The lowest BCUT2D eigenvalue weighted by Crippen LogP contribution is -2.31. The Kier molecular flexibility index (Phi) is 9.22. The van der Waals surface area contributed by atoms with Crippen LogP contribution in [0.25, 0.3) is 22.4 Å². The van der Waals surface area contributed by atoms with Crippen molar-refractivity contribution in [1.82, 2.24) is 25.2 Å². The molecule has 0 aliphatic carbocycles. The number of nitrogens with zero attached hydrogens (tertiary/aromatic N) is 1. The molecule has 194 valence electrons. The Bertz CT molecular complexity index is 1380. The second kappa shape index (κ2) is 12.6. The molecular weight excluding hydrogens is 544 g/mol. The first-order valence-electron chi connectivity index (χ1n) is 10.9. The van der Waals surface area contributed by atoms with Gasteiger partial charge in [0.2, 0.25) is 0 Å². The van der Waals surface area contributed by atoms with Gasteiger partial charge in [-0.2, -0.15) is 5.10 Å². The molecule has 0 saturated heterocycles. The van der Waals surface area contributed by atoms with Gasteiger partial charge in [0.1, 0.15) is 23.7 Å². The van der Waals surface area contributed by atoms with E-state index in [2.05, 4.69) is 30.1 Å². The lowest BCUT2D eigenvalue weighted by atomic mass is 10.0. The third-order valence-corrected chi connectivity index (χ3v) is 6.59. The number of rotatable bonds is 11. The van der Waals surface area contributed by atoms with E-state index >= 15 is 0 Å². The number of aliphatic hydroxyl groups excluding tert-OH is 1. The van der Waals surface area contributed by atoms with Gasteiger partial charge in [-0.25, -0.2) is 14.0 Å². The molecule has 1 amide bonds. The van der Waals surface area contributed by atoms with Gasteiger partial charge in [-0.3, -0.25) is 9.89 Å². The molecule has 0 aliphatic rings. The van der Waals surface area contributed by atoms with Crippen molar-refractivity contribution < 1.29 is 23.5 Å². The smallest absolute Gasteiger partial charge is 0.268 e. The van der Waals surface area contributed by atoms with Crippen LogP contribution < -0.4 is 10.0 Å². The third kappa shape index (κ3) is 6.51. The zero-order valence-corrected chi connectivity index (χ0v) is 21.7. The number of halogens is 3. The van der Waals surface area contributed by atoms with Crippen molar-refractivity contribution in [2.45, 2.75) is 12.6 Å². The van der Waals surface area contributed by atoms with E-state index in [1.54, 1.807) is 18.5 Å². The molecular formula is C24H22Cl2FN5O4S. The number of nitrogens with one attached hydrogen (secondary N) is 4. The van der Waals surface area contributed by atoms with Crippen molar-refractivity contribution in [1.29, 1.82) is 0 Å². The quantitative estimate of drug-likeness (QED) is 0.0555. The van der Waals surface area contributed by atoms with Crippen LogP contribution in [0, 0.1) is 5.82 Å². The van der Waals surface area contributed by atoms with Crippen LogP contribution in [0.15, 0.2) is 54.9 Å². The Labute approximate surface area is 225 Å². The van der Waals surface area contributed by atoms with E-state index in [0.29, 0.717) is 28.4 Å². The lowest BCUT2D eigenvalue weighted by molar-refractivity contribution is -0.161. The van der Waals surface area contributed by atoms with E-state index in [4.69, 9.17) is 27.5 Å². The summed E-state index contributed by atoms with van der Waals surface area (Å²) in [6.07, 6.45) is 3.34. The molecule has 5 N–H and O–H groups in total. The van der Waals surface area contributed by atoms with E-state index in [0.717, 1.165) is 28.9 Å². The molecule has 0 bridgehead atoms. The standard InChI is InChI=1S/C24H22Cl2FN5O4S/c1-35-36-37-30-10-15-3-2-13(6-18(15)25)17-11-29-32-23(17)16-8-21(28-9-16)24(34)31-22(12-33)14-4-5-20(27)19(26)7-14/h2-9,11,22,28,30,33H,10,12H2,1H3,(H,29,32)(H,31,34). The molecule has 2 aromatic heterocycles. The Morgan fingerprint density at radius 1 is 1.19 bits per heavy atom. The highest BCUT2D eigenvalue weighted by atomic mass is 35.5. The summed E-state index contributed by atoms with van der Waals surface area (Å²) in [7, 11) is 1.41. The van der Waals surface area contributed by atoms with Crippen molar-refractivity contribution in [3.8, 4) is 22.4 Å². The normalized spacial score (nSPS) is 12.0. The predicted octanol–water partition coefficient (Wildman–Crippen LogP) is 5.21. The molecule has 0 fully saturated rings. The summed E-state index contributed by atoms with van der Waals surface area (Å²) in [4.78, 5) is 20.3. The number of aromatic nitrogens is 3. The van der Waals surface area contributed by atoms with Crippen LogP contribution in [-0.2, 0) is 15.8 Å². The number of H-pyrrole nitrogens is 2. The fourth-order valence-electron chi connectivity index (χ4n) is 3.62. The van der Waals surface area contributed by atoms with Crippen LogP contribution in [0.5, 0.6) is 0 Å². The van der Waals surface area contributed by atoms with Gasteiger partial charge in [-0.05, 0) is 41.0 Å². The Morgan fingerprint density at radius 2 is 2.03 bits per heavy atom. The molecule has 37 heavy (non-hydrogen) atoms. The molecule has 9 nitrogen and oxygen atoms in total. The Hall–Kier alpha value is -2.90. The number of hydrogen-bond donors (Lipinski definition) is 5. The first-order chi connectivity index (χ1) is 17.9. The average Bonchev–Trinajstić information content (AvgIpc) is 3.57. The number of carbonyl (C=O) groups excluding carboxylic acids is 1. The van der Waals surface area contributed by atoms with Gasteiger partial charge in [0.25, 0.3) is 5.91 Å². The van der Waals surface area contributed by atoms with E-state index < -0.39 is 24.4 Å². The van der Waals surface area contributed by atoms with Gasteiger partial charge in [-0.15, -0.1) is 4.33 Å². The average molecular weight is 566 g/mol. The minimum atomic E-state index is -0.769. The van der Waals surface area contributed by atoms with Crippen LogP contribution >= 0.6 is 35.4 Å². The number of amides is 1. The maximum atomic E-state index is 13.5. The summed E-state index contributed by atoms with van der Waals surface area (Å²) in [6, 6.07) is 10.5. The number of aliphatic hydroxyl groups is 1. The van der Waals surface area contributed by atoms with E-state index in [-0.39, 0.29) is 10.7 Å². The summed E-state index contributed by atoms with van der Waals surface area (Å²) < 4.78 is 21.2. The van der Waals surface area contributed by atoms with E-state index in [9.17, 15) is 14.3 Å². The van der Waals surface area contributed by atoms with E-state index in [1.165, 1.54) is 25.3 Å². The van der Waals surface area contributed by atoms with Gasteiger partial charge in [-0.1, -0.05) is 41.4 Å². The maximum Gasteiger partial charge on any atom is 0.268 e. The van der Waals surface area contributed by atoms with Crippen LogP contribution in [0.2, 0.25) is 10.0 Å². The SMILES string of the molecule is COOSNCc1ccc(-c2cn[nH]c2-c2c[nH]c(C(=O)NC(CO)c3ccc(F)c(Cl)c3)c2)cc1Cl. The number of benzene rings is 2. The molecule has 13 heteroatoms. The minimum Gasteiger partial charge on any atom is -0.394 e. The molecule has 2 aromatic carbocycles. The summed E-state index contributed by atoms with van der Waals surface area (Å²) in [5.74, 6) is -1.04. The monoisotopic (exact) mass is 565 g/mol. The highest BCUT2D eigenvalue weighted by Crippen LogP contribution is 2.33. The Morgan fingerprint density at radius 3 is 2.76 bits per heavy atom. The summed E-state index contributed by atoms with van der Waals surface area (Å²) in [5, 5.41) is 20.1. The maximum absolute atomic E-state index is 13.5. The van der Waals surface area contributed by atoms with Crippen LogP contribution in [0.4, 0.5) is 4.39 Å². The van der Waals surface area contributed by atoms with Gasteiger partial charge in [0, 0.05) is 28.9 Å². The topological polar surface area (TPSA) is 124 Å². The fourth-order valence-corrected chi connectivity index (χ4v) is 4.38. The first kappa shape index (κ1) is 27.1. The lowest BCUT2D eigenvalue weighted by Gasteiger charge is -2.16. The molecule has 4 rings (SSSR count). The predicted molar refractivity (Wildman–Crippen MR) is 140 cm³/mol. The van der Waals surface area contributed by atoms with Gasteiger partial charge in [0.05, 0.1) is 36.7 Å². The highest BCUT2D eigenvalue weighted by molar-refractivity contribution is 7.92. The van der Waals surface area contributed by atoms with Crippen molar-refractivity contribution >= 4 is 41.3 Å². The second-order valence-electron chi connectivity index (χ2n) is 7.79. The molecule has 0 saturated carbocycles. The molecule has 0 spiro atoms. The summed E-state index contributed by atoms with van der Waals surface area (Å²) >= 11 is 13.3. The zero-order chi connectivity index (χ0) is 26.4. The van der Waals surface area contributed by atoms with Crippen molar-refractivity contribution in [2.75, 3.05) is 13.7 Å². The number of aromatic amines is 2. The number of carbonyl (C=O) groups is 1. The number of hydrogen-bond acceptors (Lipinski definition) is 7. The minimum absolute atomic E-state index is 0.0949. The third-order valence-electron chi connectivity index (χ3n) is 5.48. The van der Waals surface area contributed by atoms with Gasteiger partial charge >= 0.3 is 0 Å². The van der Waals surface area contributed by atoms with Gasteiger partial charge in [0.15, 0.2) is 0 Å². The zero-order valence-electron chi connectivity index (χ0n) is 19.3. The van der Waals surface area contributed by atoms with Crippen LogP contribution in [0.1, 0.15) is 27.7 Å². The van der Waals surface area contributed by atoms with Gasteiger partial charge < -0.3 is 15.4 Å². The van der Waals surface area contributed by atoms with E-state index in [1.807, 2.05) is 18.2 Å². The van der Waals surface area contributed by atoms with Crippen molar-refractivity contribution in [3.05, 3.63) is 87.5 Å². The van der Waals surface area contributed by atoms with Crippen molar-refractivity contribution in [3.63, 3.8) is 0 Å². The van der Waals surface area contributed by atoms with Crippen LogP contribution in [0.3, 0.4) is 0 Å². The molecule has 1 atom stereocenters. The first-order valence-corrected chi connectivity index (χ1v) is 12.4. The largest absolute Gasteiger partial charge is 0.394 e. The molecule has 2 heterocycles. The summed E-state index contributed by atoms with van der Waals surface area (Å²) in [6.45, 7) is 0.0664. The van der Waals surface area contributed by atoms with Crippen molar-refractivity contribution in [2.24, 2.45) is 0 Å². The molecule has 1 unspecified atom stereocenters. The molecule has 4 aromatic rings. The highest BCUT2D eigenvalue weighted by Gasteiger charge is 2.19. The Balaban J connectivity index is 1.49.